The molecule has 148 valence electrons. The Morgan fingerprint density at radius 1 is 1.07 bits per heavy atom. The van der Waals surface area contributed by atoms with Gasteiger partial charge in [-0.15, -0.1) is 0 Å². The molecule has 0 radical (unpaired) electrons. The van der Waals surface area contributed by atoms with Gasteiger partial charge in [-0.25, -0.2) is 9.97 Å². The SMILES string of the molecule is Cc1noc(C)c1-c1nc(Nc2ccc(N3CCOCC3)cc2)c2[nH]ncc2n1. The topological polar surface area (TPSA) is 105 Å². The lowest BCUT2D eigenvalue weighted by Gasteiger charge is -2.28. The van der Waals surface area contributed by atoms with E-state index >= 15 is 0 Å². The van der Waals surface area contributed by atoms with Gasteiger partial charge in [0.05, 0.1) is 30.7 Å². The van der Waals surface area contributed by atoms with Gasteiger partial charge in [-0.1, -0.05) is 5.16 Å². The number of benzene rings is 1. The van der Waals surface area contributed by atoms with Crippen LogP contribution >= 0.6 is 0 Å². The highest BCUT2D eigenvalue weighted by atomic mass is 16.5. The van der Waals surface area contributed by atoms with Gasteiger partial charge in [-0.3, -0.25) is 5.10 Å². The number of aromatic amines is 1. The number of hydrogen-bond donors (Lipinski definition) is 2. The fourth-order valence-corrected chi connectivity index (χ4v) is 3.56. The summed E-state index contributed by atoms with van der Waals surface area (Å²) >= 11 is 0. The van der Waals surface area contributed by atoms with Gasteiger partial charge in [-0.2, -0.15) is 5.10 Å². The van der Waals surface area contributed by atoms with E-state index in [4.69, 9.17) is 14.2 Å². The van der Waals surface area contributed by atoms with Crippen molar-refractivity contribution in [3.63, 3.8) is 0 Å². The standard InChI is InChI=1S/C20H21N7O2/c1-12-17(13(2)29-26-12)19-23-16-11-21-25-18(16)20(24-19)22-14-3-5-15(6-4-14)27-7-9-28-10-8-27/h3-6,11H,7-10H2,1-2H3,(H,21,25)(H,22,23,24). The number of ether oxygens (including phenoxy) is 1. The fraction of sp³-hybridized carbons (Fsp3) is 0.300. The highest BCUT2D eigenvalue weighted by Crippen LogP contribution is 2.29. The number of aromatic nitrogens is 5. The van der Waals surface area contributed by atoms with Gasteiger partial charge in [0, 0.05) is 24.5 Å². The van der Waals surface area contributed by atoms with Crippen LogP contribution in [0, 0.1) is 13.8 Å². The summed E-state index contributed by atoms with van der Waals surface area (Å²) in [5.41, 5.74) is 5.15. The zero-order valence-corrected chi connectivity index (χ0v) is 16.3. The zero-order valence-electron chi connectivity index (χ0n) is 16.3. The number of nitrogens with one attached hydrogen (secondary N) is 2. The van der Waals surface area contributed by atoms with E-state index < -0.39 is 0 Å². The molecule has 29 heavy (non-hydrogen) atoms. The minimum absolute atomic E-state index is 0.558. The number of nitrogens with zero attached hydrogens (tertiary/aromatic N) is 5. The Kier molecular flexibility index (Phi) is 4.36. The van der Waals surface area contributed by atoms with Crippen molar-refractivity contribution >= 4 is 28.2 Å². The van der Waals surface area contributed by atoms with Crippen LogP contribution in [0.5, 0.6) is 0 Å². The highest BCUT2D eigenvalue weighted by Gasteiger charge is 2.18. The van der Waals surface area contributed by atoms with Crippen molar-refractivity contribution in [3.8, 4) is 11.4 Å². The Hall–Kier alpha value is -3.46. The number of H-pyrrole nitrogens is 1. The molecule has 4 aromatic rings. The maximum atomic E-state index is 5.43. The lowest BCUT2D eigenvalue weighted by molar-refractivity contribution is 0.122. The molecule has 9 nitrogen and oxygen atoms in total. The van der Waals surface area contributed by atoms with E-state index in [1.54, 1.807) is 6.20 Å². The van der Waals surface area contributed by atoms with Crippen molar-refractivity contribution in [3.05, 3.63) is 41.9 Å². The molecule has 0 saturated carbocycles. The van der Waals surface area contributed by atoms with Crippen LogP contribution in [-0.4, -0.2) is 51.6 Å². The van der Waals surface area contributed by atoms with Crippen LogP contribution in [0.4, 0.5) is 17.2 Å². The summed E-state index contributed by atoms with van der Waals surface area (Å²) in [6.07, 6.45) is 1.69. The molecule has 4 heterocycles. The van der Waals surface area contributed by atoms with Crippen molar-refractivity contribution < 1.29 is 9.26 Å². The lowest BCUT2D eigenvalue weighted by Crippen LogP contribution is -2.36. The third-order valence-corrected chi connectivity index (χ3v) is 5.06. The highest BCUT2D eigenvalue weighted by molar-refractivity contribution is 5.88. The van der Waals surface area contributed by atoms with E-state index in [-0.39, 0.29) is 0 Å². The summed E-state index contributed by atoms with van der Waals surface area (Å²) in [5, 5.41) is 14.5. The molecule has 1 aliphatic heterocycles. The van der Waals surface area contributed by atoms with Crippen LogP contribution in [0.1, 0.15) is 11.5 Å². The summed E-state index contributed by atoms with van der Waals surface area (Å²) < 4.78 is 10.7. The van der Waals surface area contributed by atoms with Gasteiger partial charge in [0.2, 0.25) is 0 Å². The van der Waals surface area contributed by atoms with Crippen molar-refractivity contribution in [2.75, 3.05) is 36.5 Å². The molecule has 1 fully saturated rings. The van der Waals surface area contributed by atoms with E-state index in [0.717, 1.165) is 54.3 Å². The molecule has 3 aromatic heterocycles. The normalized spacial score (nSPS) is 14.5. The monoisotopic (exact) mass is 391 g/mol. The second-order valence-electron chi connectivity index (χ2n) is 7.00. The molecule has 0 aliphatic carbocycles. The first-order valence-corrected chi connectivity index (χ1v) is 9.53. The molecule has 0 amide bonds. The third kappa shape index (κ3) is 3.29. The van der Waals surface area contributed by atoms with Crippen LogP contribution in [0.3, 0.4) is 0 Å². The van der Waals surface area contributed by atoms with Gasteiger partial charge < -0.3 is 19.5 Å². The summed E-state index contributed by atoms with van der Waals surface area (Å²) in [6.45, 7) is 7.09. The molecule has 2 N–H and O–H groups in total. The number of aryl methyl sites for hydroxylation is 2. The maximum Gasteiger partial charge on any atom is 0.167 e. The van der Waals surface area contributed by atoms with E-state index in [1.807, 2.05) is 26.0 Å². The minimum Gasteiger partial charge on any atom is -0.378 e. The number of morpholine rings is 1. The lowest BCUT2D eigenvalue weighted by atomic mass is 10.2. The average Bonchev–Trinajstić information content (AvgIpc) is 3.35. The Morgan fingerprint density at radius 3 is 2.59 bits per heavy atom. The molecule has 5 rings (SSSR count). The van der Waals surface area contributed by atoms with Gasteiger partial charge in [0.25, 0.3) is 0 Å². The van der Waals surface area contributed by atoms with Crippen LogP contribution in [0.2, 0.25) is 0 Å². The van der Waals surface area contributed by atoms with Crippen LogP contribution in [-0.2, 0) is 4.74 Å². The first-order valence-electron chi connectivity index (χ1n) is 9.53. The molecule has 0 spiro atoms. The van der Waals surface area contributed by atoms with E-state index in [1.165, 1.54) is 5.69 Å². The summed E-state index contributed by atoms with van der Waals surface area (Å²) in [5.74, 6) is 1.90. The van der Waals surface area contributed by atoms with E-state index in [0.29, 0.717) is 17.4 Å². The fourth-order valence-electron chi connectivity index (χ4n) is 3.56. The molecular weight excluding hydrogens is 370 g/mol. The van der Waals surface area contributed by atoms with Crippen molar-refractivity contribution in [2.45, 2.75) is 13.8 Å². The molecule has 1 aromatic carbocycles. The number of rotatable bonds is 4. The zero-order chi connectivity index (χ0) is 19.8. The predicted molar refractivity (Wildman–Crippen MR) is 109 cm³/mol. The minimum atomic E-state index is 0.558. The summed E-state index contributed by atoms with van der Waals surface area (Å²) in [7, 11) is 0. The number of fused-ring (bicyclic) bond motifs is 1. The third-order valence-electron chi connectivity index (χ3n) is 5.06. The molecule has 1 aliphatic rings. The first kappa shape index (κ1) is 17.6. The smallest absolute Gasteiger partial charge is 0.167 e. The van der Waals surface area contributed by atoms with Crippen LogP contribution in [0.25, 0.3) is 22.4 Å². The Morgan fingerprint density at radius 2 is 1.86 bits per heavy atom. The van der Waals surface area contributed by atoms with Crippen molar-refractivity contribution in [2.24, 2.45) is 0 Å². The van der Waals surface area contributed by atoms with E-state index in [9.17, 15) is 0 Å². The molecule has 0 atom stereocenters. The molecule has 9 heteroatoms. The Balaban J connectivity index is 1.48. The second-order valence-corrected chi connectivity index (χ2v) is 7.00. The number of anilines is 3. The average molecular weight is 391 g/mol. The first-order chi connectivity index (χ1) is 14.2. The Bertz CT molecular complexity index is 1120. The molecular formula is C20H21N7O2. The largest absolute Gasteiger partial charge is 0.378 e. The predicted octanol–water partition coefficient (Wildman–Crippen LogP) is 3.20. The van der Waals surface area contributed by atoms with E-state index in [2.05, 4.69) is 42.7 Å². The Labute approximate surface area is 167 Å². The quantitative estimate of drug-likeness (QED) is 0.546. The van der Waals surface area contributed by atoms with Crippen molar-refractivity contribution in [1.82, 2.24) is 25.3 Å². The van der Waals surface area contributed by atoms with Gasteiger partial charge in [0.1, 0.15) is 16.8 Å². The van der Waals surface area contributed by atoms with Crippen molar-refractivity contribution in [1.29, 1.82) is 0 Å². The van der Waals surface area contributed by atoms with Crippen LogP contribution in [0.15, 0.2) is 35.0 Å². The maximum absolute atomic E-state index is 5.43. The van der Waals surface area contributed by atoms with Crippen LogP contribution < -0.4 is 10.2 Å². The summed E-state index contributed by atoms with van der Waals surface area (Å²) in [4.78, 5) is 11.7. The molecule has 1 saturated heterocycles. The number of hydrogen-bond acceptors (Lipinski definition) is 8. The van der Waals surface area contributed by atoms with Gasteiger partial charge in [-0.05, 0) is 38.1 Å². The molecule has 0 unspecified atom stereocenters. The van der Waals surface area contributed by atoms with Gasteiger partial charge in [0.15, 0.2) is 11.6 Å². The van der Waals surface area contributed by atoms with Gasteiger partial charge >= 0.3 is 0 Å². The summed E-state index contributed by atoms with van der Waals surface area (Å²) in [6, 6.07) is 8.30. The molecule has 0 bridgehead atoms. The second kappa shape index (κ2) is 7.17.